The Morgan fingerprint density at radius 1 is 1.46 bits per heavy atom. The van der Waals surface area contributed by atoms with E-state index in [4.69, 9.17) is 9.94 Å². The third kappa shape index (κ3) is 1.99. The van der Waals surface area contributed by atoms with Gasteiger partial charge in [-0.2, -0.15) is 5.48 Å². The quantitative estimate of drug-likeness (QED) is 0.651. The molecule has 0 aliphatic heterocycles. The van der Waals surface area contributed by atoms with Gasteiger partial charge in [-0.25, -0.2) is 0 Å². The summed E-state index contributed by atoms with van der Waals surface area (Å²) in [5.41, 5.74) is 1.88. The molecule has 0 spiro atoms. The van der Waals surface area contributed by atoms with Crippen LogP contribution in [0.3, 0.4) is 0 Å². The third-order valence-corrected chi connectivity index (χ3v) is 2.42. The van der Waals surface area contributed by atoms with E-state index in [1.54, 1.807) is 0 Å². The standard InChI is InChI=1S/C10H17NO2/c1-3-10(13-4-2)8-6-5-7-9(10)11-12/h5-9,11-12H,3-4H2,1-2H3. The zero-order valence-electron chi connectivity index (χ0n) is 8.16. The van der Waals surface area contributed by atoms with Crippen molar-refractivity contribution in [1.29, 1.82) is 0 Å². The summed E-state index contributed by atoms with van der Waals surface area (Å²) in [5.74, 6) is 0. The zero-order valence-corrected chi connectivity index (χ0v) is 8.16. The van der Waals surface area contributed by atoms with Crippen molar-refractivity contribution in [3.05, 3.63) is 24.3 Å². The molecule has 0 saturated heterocycles. The molecule has 1 rings (SSSR count). The van der Waals surface area contributed by atoms with E-state index in [9.17, 15) is 0 Å². The SMILES string of the molecule is CCOC1(CC)C=CC=CC1NO. The van der Waals surface area contributed by atoms with Gasteiger partial charge in [-0.15, -0.1) is 0 Å². The first-order valence-electron chi connectivity index (χ1n) is 4.68. The van der Waals surface area contributed by atoms with Crippen molar-refractivity contribution in [3.63, 3.8) is 0 Å². The van der Waals surface area contributed by atoms with Crippen molar-refractivity contribution >= 4 is 0 Å². The molecule has 3 heteroatoms. The smallest absolute Gasteiger partial charge is 0.107 e. The monoisotopic (exact) mass is 183 g/mol. The van der Waals surface area contributed by atoms with E-state index >= 15 is 0 Å². The van der Waals surface area contributed by atoms with E-state index in [0.717, 1.165) is 6.42 Å². The summed E-state index contributed by atoms with van der Waals surface area (Å²) in [6.07, 6.45) is 8.58. The maximum absolute atomic E-state index is 8.97. The van der Waals surface area contributed by atoms with Crippen LogP contribution in [0.15, 0.2) is 24.3 Å². The molecule has 3 nitrogen and oxygen atoms in total. The third-order valence-electron chi connectivity index (χ3n) is 2.42. The van der Waals surface area contributed by atoms with E-state index in [1.165, 1.54) is 0 Å². The van der Waals surface area contributed by atoms with E-state index in [0.29, 0.717) is 6.61 Å². The Bertz CT molecular complexity index is 213. The summed E-state index contributed by atoms with van der Waals surface area (Å²) < 4.78 is 5.66. The van der Waals surface area contributed by atoms with Crippen LogP contribution in [0.4, 0.5) is 0 Å². The Hall–Kier alpha value is -0.640. The number of hydrogen-bond acceptors (Lipinski definition) is 3. The van der Waals surface area contributed by atoms with Gasteiger partial charge in [0.15, 0.2) is 0 Å². The van der Waals surface area contributed by atoms with E-state index < -0.39 is 5.60 Å². The molecule has 13 heavy (non-hydrogen) atoms. The van der Waals surface area contributed by atoms with Crippen LogP contribution in [-0.2, 0) is 4.74 Å². The molecule has 0 aromatic carbocycles. The van der Waals surface area contributed by atoms with Crippen molar-refractivity contribution in [2.24, 2.45) is 0 Å². The largest absolute Gasteiger partial charge is 0.369 e. The predicted molar refractivity (Wildman–Crippen MR) is 51.6 cm³/mol. The molecule has 1 aliphatic rings. The number of hydroxylamine groups is 1. The van der Waals surface area contributed by atoms with Crippen LogP contribution in [0.1, 0.15) is 20.3 Å². The van der Waals surface area contributed by atoms with Crippen LogP contribution in [-0.4, -0.2) is 23.5 Å². The minimum atomic E-state index is -0.391. The van der Waals surface area contributed by atoms with Gasteiger partial charge in [0.25, 0.3) is 0 Å². The first kappa shape index (κ1) is 10.4. The van der Waals surface area contributed by atoms with Gasteiger partial charge in [0.2, 0.25) is 0 Å². The summed E-state index contributed by atoms with van der Waals surface area (Å²) in [6, 6.07) is -0.151. The van der Waals surface area contributed by atoms with Gasteiger partial charge in [-0.3, -0.25) is 0 Å². The molecule has 1 aliphatic carbocycles. The highest BCUT2D eigenvalue weighted by molar-refractivity contribution is 5.24. The molecule has 0 saturated carbocycles. The lowest BCUT2D eigenvalue weighted by Gasteiger charge is -2.36. The van der Waals surface area contributed by atoms with Crippen molar-refractivity contribution in [3.8, 4) is 0 Å². The van der Waals surface area contributed by atoms with Gasteiger partial charge in [0.05, 0.1) is 6.04 Å². The lowest BCUT2D eigenvalue weighted by atomic mass is 9.87. The molecule has 0 fully saturated rings. The van der Waals surface area contributed by atoms with Crippen LogP contribution in [0.2, 0.25) is 0 Å². The summed E-state index contributed by atoms with van der Waals surface area (Å²) >= 11 is 0. The van der Waals surface area contributed by atoms with Gasteiger partial charge in [0, 0.05) is 6.61 Å². The molecule has 74 valence electrons. The predicted octanol–water partition coefficient (Wildman–Crippen LogP) is 1.65. The van der Waals surface area contributed by atoms with Gasteiger partial charge in [-0.1, -0.05) is 31.2 Å². The second kappa shape index (κ2) is 4.56. The average molecular weight is 183 g/mol. The van der Waals surface area contributed by atoms with Crippen molar-refractivity contribution in [1.82, 2.24) is 5.48 Å². The van der Waals surface area contributed by atoms with Gasteiger partial charge in [-0.05, 0) is 13.3 Å². The Kier molecular flexibility index (Phi) is 3.66. The van der Waals surface area contributed by atoms with Crippen LogP contribution in [0, 0.1) is 0 Å². The molecule has 0 heterocycles. The van der Waals surface area contributed by atoms with Crippen LogP contribution in [0.5, 0.6) is 0 Å². The van der Waals surface area contributed by atoms with Crippen LogP contribution < -0.4 is 5.48 Å². The zero-order chi connectivity index (χ0) is 9.73. The molecule has 2 unspecified atom stereocenters. The Balaban J connectivity index is 2.81. The molecule has 0 radical (unpaired) electrons. The topological polar surface area (TPSA) is 41.5 Å². The van der Waals surface area contributed by atoms with E-state index in [-0.39, 0.29) is 6.04 Å². The molecular weight excluding hydrogens is 166 g/mol. The molecule has 0 aromatic heterocycles. The number of rotatable bonds is 4. The average Bonchev–Trinajstić information content (AvgIpc) is 2.19. The summed E-state index contributed by atoms with van der Waals surface area (Å²) in [4.78, 5) is 0. The van der Waals surface area contributed by atoms with E-state index in [2.05, 4.69) is 5.48 Å². The molecule has 0 amide bonds. The number of allylic oxidation sites excluding steroid dienone is 2. The van der Waals surface area contributed by atoms with Crippen molar-refractivity contribution in [2.75, 3.05) is 6.61 Å². The van der Waals surface area contributed by atoms with Gasteiger partial charge in [0.1, 0.15) is 5.60 Å². The normalized spacial score (nSPS) is 32.4. The first-order chi connectivity index (χ1) is 6.29. The number of ether oxygens (including phenoxy) is 1. The first-order valence-corrected chi connectivity index (χ1v) is 4.68. The highest BCUT2D eigenvalue weighted by Crippen LogP contribution is 2.26. The highest BCUT2D eigenvalue weighted by atomic mass is 16.5. The second-order valence-corrected chi connectivity index (χ2v) is 3.09. The fraction of sp³-hybridized carbons (Fsp3) is 0.600. The minimum absolute atomic E-state index is 0.151. The second-order valence-electron chi connectivity index (χ2n) is 3.09. The van der Waals surface area contributed by atoms with Crippen LogP contribution in [0.25, 0.3) is 0 Å². The number of nitrogens with one attached hydrogen (secondary N) is 1. The maximum atomic E-state index is 8.97. The number of hydrogen-bond donors (Lipinski definition) is 2. The lowest BCUT2D eigenvalue weighted by Crippen LogP contribution is -2.49. The fourth-order valence-electron chi connectivity index (χ4n) is 1.66. The minimum Gasteiger partial charge on any atom is -0.369 e. The van der Waals surface area contributed by atoms with Crippen LogP contribution >= 0.6 is 0 Å². The Labute approximate surface area is 79.1 Å². The lowest BCUT2D eigenvalue weighted by molar-refractivity contribution is -0.0506. The highest BCUT2D eigenvalue weighted by Gasteiger charge is 2.34. The molecule has 2 atom stereocenters. The van der Waals surface area contributed by atoms with Crippen molar-refractivity contribution in [2.45, 2.75) is 31.9 Å². The maximum Gasteiger partial charge on any atom is 0.107 e. The Morgan fingerprint density at radius 2 is 2.23 bits per heavy atom. The molecule has 2 N–H and O–H groups in total. The molecule has 0 aromatic rings. The summed E-state index contributed by atoms with van der Waals surface area (Å²) in [7, 11) is 0. The fourth-order valence-corrected chi connectivity index (χ4v) is 1.66. The van der Waals surface area contributed by atoms with Gasteiger partial charge < -0.3 is 9.94 Å². The summed E-state index contributed by atoms with van der Waals surface area (Å²) in [6.45, 7) is 4.64. The van der Waals surface area contributed by atoms with Gasteiger partial charge >= 0.3 is 0 Å². The van der Waals surface area contributed by atoms with E-state index in [1.807, 2.05) is 38.2 Å². The van der Waals surface area contributed by atoms with Crippen molar-refractivity contribution < 1.29 is 9.94 Å². The summed E-state index contributed by atoms with van der Waals surface area (Å²) in [5, 5.41) is 8.97. The molecule has 0 bridgehead atoms. The molecular formula is C10H17NO2. The Morgan fingerprint density at radius 3 is 2.77 bits per heavy atom.